The van der Waals surface area contributed by atoms with Crippen LogP contribution >= 0.6 is 23.2 Å². The van der Waals surface area contributed by atoms with Crippen molar-refractivity contribution < 1.29 is 14.3 Å². The average Bonchev–Trinajstić information content (AvgIpc) is 2.72. The van der Waals surface area contributed by atoms with Crippen LogP contribution in [0.1, 0.15) is 22.8 Å². The molecule has 1 unspecified atom stereocenters. The van der Waals surface area contributed by atoms with Crippen molar-refractivity contribution in [2.45, 2.75) is 20.0 Å². The summed E-state index contributed by atoms with van der Waals surface area (Å²) in [6.07, 6.45) is -0.725. The number of halogens is 2. The maximum absolute atomic E-state index is 12.5. The molecule has 0 saturated carbocycles. The maximum Gasteiger partial charge on any atom is 0.265 e. The second-order valence-corrected chi connectivity index (χ2v) is 7.57. The molecule has 0 spiro atoms. The fourth-order valence-electron chi connectivity index (χ4n) is 2.68. The van der Waals surface area contributed by atoms with E-state index in [1.54, 1.807) is 73.7 Å². The van der Waals surface area contributed by atoms with Crippen molar-refractivity contribution in [1.82, 2.24) is 0 Å². The molecule has 0 bridgehead atoms. The van der Waals surface area contributed by atoms with Crippen molar-refractivity contribution in [3.05, 3.63) is 87.9 Å². The number of hydrogen-bond acceptors (Lipinski definition) is 3. The van der Waals surface area contributed by atoms with Crippen molar-refractivity contribution in [2.75, 3.05) is 10.6 Å². The Morgan fingerprint density at radius 3 is 2.13 bits per heavy atom. The molecule has 7 heteroatoms. The number of ether oxygens (including phenoxy) is 1. The quantitative estimate of drug-likeness (QED) is 0.494. The van der Waals surface area contributed by atoms with Gasteiger partial charge in [-0.15, -0.1) is 0 Å². The summed E-state index contributed by atoms with van der Waals surface area (Å²) in [6.45, 7) is 3.52. The van der Waals surface area contributed by atoms with E-state index in [4.69, 9.17) is 27.9 Å². The molecule has 0 aliphatic heterocycles. The van der Waals surface area contributed by atoms with Gasteiger partial charge >= 0.3 is 0 Å². The highest BCUT2D eigenvalue weighted by Crippen LogP contribution is 2.21. The second-order valence-electron chi connectivity index (χ2n) is 6.69. The van der Waals surface area contributed by atoms with Crippen LogP contribution in [0.4, 0.5) is 11.4 Å². The zero-order valence-corrected chi connectivity index (χ0v) is 17.9. The van der Waals surface area contributed by atoms with Gasteiger partial charge in [-0.3, -0.25) is 9.59 Å². The second kappa shape index (κ2) is 9.65. The van der Waals surface area contributed by atoms with Crippen LogP contribution in [0.25, 0.3) is 0 Å². The highest BCUT2D eigenvalue weighted by atomic mass is 35.5. The minimum atomic E-state index is -0.725. The van der Waals surface area contributed by atoms with Crippen molar-refractivity contribution in [3.8, 4) is 5.75 Å². The fraction of sp³-hybridized carbons (Fsp3) is 0.130. The Balaban J connectivity index is 1.58. The number of carbonyl (C=O) groups is 2. The summed E-state index contributed by atoms with van der Waals surface area (Å²) in [5.74, 6) is -0.0640. The Bertz CT molecular complexity index is 1050. The fourth-order valence-corrected chi connectivity index (χ4v) is 3.03. The van der Waals surface area contributed by atoms with Gasteiger partial charge in [0.05, 0.1) is 0 Å². The third-order valence-electron chi connectivity index (χ3n) is 4.35. The Morgan fingerprint density at radius 1 is 0.867 bits per heavy atom. The first-order chi connectivity index (χ1) is 14.3. The van der Waals surface area contributed by atoms with Gasteiger partial charge in [0, 0.05) is 27.0 Å². The Morgan fingerprint density at radius 2 is 1.50 bits per heavy atom. The molecule has 2 amide bonds. The van der Waals surface area contributed by atoms with Gasteiger partial charge in [0.25, 0.3) is 11.8 Å². The molecule has 3 aromatic rings. The van der Waals surface area contributed by atoms with Gasteiger partial charge in [-0.05, 0) is 86.1 Å². The number of anilines is 2. The standard InChI is InChI=1S/C23H20Cl2N2O3/c1-14-13-18(25)7-12-21(14)27-23(29)16-3-10-20(11-4-16)30-15(2)22(28)26-19-8-5-17(24)6-9-19/h3-13,15H,1-2H3,(H,26,28)(H,27,29). The third-order valence-corrected chi connectivity index (χ3v) is 4.83. The lowest BCUT2D eigenvalue weighted by atomic mass is 10.1. The number of benzene rings is 3. The predicted molar refractivity (Wildman–Crippen MR) is 121 cm³/mol. The van der Waals surface area contributed by atoms with E-state index in [0.717, 1.165) is 5.56 Å². The molecule has 0 aliphatic rings. The average molecular weight is 443 g/mol. The predicted octanol–water partition coefficient (Wildman–Crippen LogP) is 5.96. The molecule has 2 N–H and O–H groups in total. The van der Waals surface area contributed by atoms with Crippen molar-refractivity contribution in [2.24, 2.45) is 0 Å². The van der Waals surface area contributed by atoms with Crippen molar-refractivity contribution in [3.63, 3.8) is 0 Å². The Kier molecular flexibility index (Phi) is 6.98. The zero-order valence-electron chi connectivity index (χ0n) is 16.4. The zero-order chi connectivity index (χ0) is 21.7. The van der Waals surface area contributed by atoms with E-state index < -0.39 is 6.10 Å². The van der Waals surface area contributed by atoms with E-state index in [0.29, 0.717) is 32.7 Å². The summed E-state index contributed by atoms with van der Waals surface area (Å²) < 4.78 is 5.67. The first kappa shape index (κ1) is 21.7. The van der Waals surface area contributed by atoms with Gasteiger partial charge in [-0.1, -0.05) is 23.2 Å². The highest BCUT2D eigenvalue weighted by Gasteiger charge is 2.15. The minimum absolute atomic E-state index is 0.250. The summed E-state index contributed by atoms with van der Waals surface area (Å²) in [4.78, 5) is 24.8. The summed E-state index contributed by atoms with van der Waals surface area (Å²) in [7, 11) is 0. The number of hydrogen-bond donors (Lipinski definition) is 2. The molecule has 0 radical (unpaired) electrons. The van der Waals surface area contributed by atoms with Crippen LogP contribution in [0, 0.1) is 6.92 Å². The molecule has 3 rings (SSSR count). The number of aryl methyl sites for hydroxylation is 1. The minimum Gasteiger partial charge on any atom is -0.481 e. The molecule has 154 valence electrons. The number of nitrogens with one attached hydrogen (secondary N) is 2. The SMILES string of the molecule is Cc1cc(Cl)ccc1NC(=O)c1ccc(OC(C)C(=O)Nc2ccc(Cl)cc2)cc1. The monoisotopic (exact) mass is 442 g/mol. The molecule has 1 atom stereocenters. The molecule has 0 aliphatic carbocycles. The van der Waals surface area contributed by atoms with E-state index in [-0.39, 0.29) is 11.8 Å². The van der Waals surface area contributed by atoms with E-state index in [1.165, 1.54) is 0 Å². The lowest BCUT2D eigenvalue weighted by Crippen LogP contribution is -2.30. The van der Waals surface area contributed by atoms with Gasteiger partial charge in [-0.25, -0.2) is 0 Å². The molecule has 0 aromatic heterocycles. The van der Waals surface area contributed by atoms with Crippen LogP contribution in [0.15, 0.2) is 66.7 Å². The van der Waals surface area contributed by atoms with Crippen LogP contribution in [0.3, 0.4) is 0 Å². The number of carbonyl (C=O) groups excluding carboxylic acids is 2. The molecule has 0 saturated heterocycles. The van der Waals surface area contributed by atoms with Crippen LogP contribution in [-0.4, -0.2) is 17.9 Å². The molecule has 30 heavy (non-hydrogen) atoms. The van der Waals surface area contributed by atoms with Crippen LogP contribution in [-0.2, 0) is 4.79 Å². The first-order valence-corrected chi connectivity index (χ1v) is 9.98. The van der Waals surface area contributed by atoms with Gasteiger partial charge < -0.3 is 15.4 Å². The van der Waals surface area contributed by atoms with Gasteiger partial charge in [0.1, 0.15) is 5.75 Å². The highest BCUT2D eigenvalue weighted by molar-refractivity contribution is 6.31. The van der Waals surface area contributed by atoms with Gasteiger partial charge in [-0.2, -0.15) is 0 Å². The van der Waals surface area contributed by atoms with Gasteiger partial charge in [0.2, 0.25) is 0 Å². The molecular weight excluding hydrogens is 423 g/mol. The van der Waals surface area contributed by atoms with Crippen molar-refractivity contribution in [1.29, 1.82) is 0 Å². The van der Waals surface area contributed by atoms with E-state index in [1.807, 2.05) is 6.92 Å². The number of amides is 2. The molecule has 0 fully saturated rings. The lowest BCUT2D eigenvalue weighted by molar-refractivity contribution is -0.122. The lowest BCUT2D eigenvalue weighted by Gasteiger charge is -2.15. The molecule has 3 aromatic carbocycles. The van der Waals surface area contributed by atoms with Crippen LogP contribution < -0.4 is 15.4 Å². The van der Waals surface area contributed by atoms with E-state index in [9.17, 15) is 9.59 Å². The van der Waals surface area contributed by atoms with E-state index in [2.05, 4.69) is 10.6 Å². The largest absolute Gasteiger partial charge is 0.481 e. The Hall–Kier alpha value is -3.02. The maximum atomic E-state index is 12.5. The normalized spacial score (nSPS) is 11.5. The van der Waals surface area contributed by atoms with Crippen molar-refractivity contribution >= 4 is 46.4 Å². The van der Waals surface area contributed by atoms with Crippen LogP contribution in [0.2, 0.25) is 10.0 Å². The third kappa shape index (κ3) is 5.75. The van der Waals surface area contributed by atoms with E-state index >= 15 is 0 Å². The van der Waals surface area contributed by atoms with Gasteiger partial charge in [0.15, 0.2) is 6.10 Å². The summed E-state index contributed by atoms with van der Waals surface area (Å²) in [5, 5.41) is 6.81. The Labute approximate surface area is 185 Å². The smallest absolute Gasteiger partial charge is 0.265 e. The van der Waals surface area contributed by atoms with Crippen LogP contribution in [0.5, 0.6) is 5.75 Å². The topological polar surface area (TPSA) is 67.4 Å². The number of rotatable bonds is 6. The molecule has 5 nitrogen and oxygen atoms in total. The molecular formula is C23H20Cl2N2O3. The summed E-state index contributed by atoms with van der Waals surface area (Å²) in [5.41, 5.74) is 2.66. The summed E-state index contributed by atoms with van der Waals surface area (Å²) >= 11 is 11.8. The molecule has 0 heterocycles. The first-order valence-electron chi connectivity index (χ1n) is 9.22. The summed E-state index contributed by atoms with van der Waals surface area (Å²) in [6, 6.07) is 18.6.